The third kappa shape index (κ3) is 4.19. The normalized spacial score (nSPS) is 15.9. The van der Waals surface area contributed by atoms with Crippen molar-refractivity contribution < 1.29 is 9.32 Å². The number of hydrogen-bond acceptors (Lipinski definition) is 7. The molecule has 8 nitrogen and oxygen atoms in total. The van der Waals surface area contributed by atoms with Gasteiger partial charge in [0.2, 0.25) is 17.6 Å². The van der Waals surface area contributed by atoms with Crippen LogP contribution >= 0.6 is 0 Å². The molecule has 1 fully saturated rings. The lowest BCUT2D eigenvalue weighted by Crippen LogP contribution is -2.38. The van der Waals surface area contributed by atoms with Crippen LogP contribution in [0.1, 0.15) is 32.6 Å². The molecule has 0 spiro atoms. The number of nitrogens with zero attached hydrogens (tertiary/aromatic N) is 5. The monoisotopic (exact) mass is 358 g/mol. The smallest absolute Gasteiger partial charge is 0.241 e. The topological polar surface area (TPSA) is 101 Å². The number of primary amides is 1. The van der Waals surface area contributed by atoms with Crippen LogP contribution in [0.2, 0.25) is 0 Å². The Bertz CT molecular complexity index is 718. The van der Waals surface area contributed by atoms with Gasteiger partial charge in [-0.3, -0.25) is 9.69 Å². The van der Waals surface area contributed by atoms with Crippen LogP contribution in [0.5, 0.6) is 0 Å². The van der Waals surface area contributed by atoms with Gasteiger partial charge < -0.3 is 15.2 Å². The zero-order chi connectivity index (χ0) is 18.5. The van der Waals surface area contributed by atoms with Crippen LogP contribution in [0.25, 0.3) is 11.4 Å². The van der Waals surface area contributed by atoms with Gasteiger partial charge in [-0.2, -0.15) is 4.98 Å². The second kappa shape index (κ2) is 8.27. The van der Waals surface area contributed by atoms with Gasteiger partial charge in [-0.15, -0.1) is 0 Å². The predicted octanol–water partition coefficient (Wildman–Crippen LogP) is 1.68. The highest BCUT2D eigenvalue weighted by Crippen LogP contribution is 2.21. The van der Waals surface area contributed by atoms with E-state index in [-0.39, 0.29) is 11.8 Å². The molecule has 2 N–H and O–H groups in total. The summed E-state index contributed by atoms with van der Waals surface area (Å²) in [6.45, 7) is 8.26. The first-order valence-corrected chi connectivity index (χ1v) is 9.16. The van der Waals surface area contributed by atoms with E-state index in [1.54, 1.807) is 6.20 Å². The zero-order valence-electron chi connectivity index (χ0n) is 15.4. The minimum absolute atomic E-state index is 0.0140. The minimum Gasteiger partial charge on any atom is -0.369 e. The Morgan fingerprint density at radius 2 is 2.04 bits per heavy atom. The Labute approximate surface area is 153 Å². The Morgan fingerprint density at radius 1 is 1.31 bits per heavy atom. The van der Waals surface area contributed by atoms with Crippen LogP contribution in [0.15, 0.2) is 22.9 Å². The van der Waals surface area contributed by atoms with E-state index in [9.17, 15) is 4.79 Å². The van der Waals surface area contributed by atoms with Crippen molar-refractivity contribution in [2.24, 2.45) is 11.7 Å². The molecule has 1 aliphatic rings. The van der Waals surface area contributed by atoms with Gasteiger partial charge in [-0.05, 0) is 51.9 Å². The molecule has 8 heteroatoms. The largest absolute Gasteiger partial charge is 0.369 e. The number of anilines is 1. The maximum atomic E-state index is 11.2. The second-order valence-corrected chi connectivity index (χ2v) is 6.54. The highest BCUT2D eigenvalue weighted by Gasteiger charge is 2.24. The molecule has 0 unspecified atom stereocenters. The number of piperidine rings is 1. The van der Waals surface area contributed by atoms with E-state index in [0.717, 1.165) is 50.4 Å². The number of amides is 1. The first-order valence-electron chi connectivity index (χ1n) is 9.16. The maximum absolute atomic E-state index is 11.2. The molecular weight excluding hydrogens is 332 g/mol. The van der Waals surface area contributed by atoms with Crippen molar-refractivity contribution in [1.82, 2.24) is 20.0 Å². The average molecular weight is 358 g/mol. The second-order valence-electron chi connectivity index (χ2n) is 6.54. The molecule has 0 saturated carbocycles. The summed E-state index contributed by atoms with van der Waals surface area (Å²) >= 11 is 0. The van der Waals surface area contributed by atoms with E-state index in [1.807, 2.05) is 12.1 Å². The molecule has 0 atom stereocenters. The van der Waals surface area contributed by atoms with Crippen molar-refractivity contribution in [1.29, 1.82) is 0 Å². The molecule has 2 aromatic rings. The molecule has 0 radical (unpaired) electrons. The van der Waals surface area contributed by atoms with Crippen LogP contribution in [-0.2, 0) is 11.3 Å². The fourth-order valence-electron chi connectivity index (χ4n) is 3.26. The van der Waals surface area contributed by atoms with Crippen molar-refractivity contribution in [2.75, 3.05) is 31.1 Å². The van der Waals surface area contributed by atoms with Crippen molar-refractivity contribution in [3.05, 3.63) is 24.2 Å². The summed E-state index contributed by atoms with van der Waals surface area (Å²) in [6, 6.07) is 3.95. The summed E-state index contributed by atoms with van der Waals surface area (Å²) in [5.74, 6) is 1.85. The SMILES string of the molecule is CCN(CC)c1ccc(-c2noc(CN3CCC(C(N)=O)CC3)n2)cn1. The Balaban J connectivity index is 1.60. The van der Waals surface area contributed by atoms with Gasteiger partial charge in [0, 0.05) is 30.8 Å². The third-order valence-corrected chi connectivity index (χ3v) is 4.91. The zero-order valence-corrected chi connectivity index (χ0v) is 15.4. The predicted molar refractivity (Wildman–Crippen MR) is 98.3 cm³/mol. The Hall–Kier alpha value is -2.48. The van der Waals surface area contributed by atoms with Crippen LogP contribution in [0.3, 0.4) is 0 Å². The van der Waals surface area contributed by atoms with Gasteiger partial charge in [0.25, 0.3) is 0 Å². The average Bonchev–Trinajstić information content (AvgIpc) is 3.12. The fraction of sp³-hybridized carbons (Fsp3) is 0.556. The molecule has 1 aliphatic heterocycles. The Kier molecular flexibility index (Phi) is 5.82. The van der Waals surface area contributed by atoms with Crippen LogP contribution in [-0.4, -0.2) is 52.1 Å². The number of aromatic nitrogens is 3. The van der Waals surface area contributed by atoms with E-state index >= 15 is 0 Å². The van der Waals surface area contributed by atoms with Crippen LogP contribution < -0.4 is 10.6 Å². The van der Waals surface area contributed by atoms with Crippen LogP contribution in [0.4, 0.5) is 5.82 Å². The third-order valence-electron chi connectivity index (χ3n) is 4.91. The highest BCUT2D eigenvalue weighted by atomic mass is 16.5. The number of likely N-dealkylation sites (tertiary alicyclic amines) is 1. The first kappa shape index (κ1) is 18.3. The number of carbonyl (C=O) groups excluding carboxylic acids is 1. The number of pyridine rings is 1. The number of nitrogens with two attached hydrogens (primary N) is 1. The van der Waals surface area contributed by atoms with E-state index in [0.29, 0.717) is 18.3 Å². The van der Waals surface area contributed by atoms with Crippen molar-refractivity contribution >= 4 is 11.7 Å². The van der Waals surface area contributed by atoms with Crippen molar-refractivity contribution in [2.45, 2.75) is 33.2 Å². The quantitative estimate of drug-likeness (QED) is 0.803. The standard InChI is InChI=1S/C18H26N6O2/c1-3-24(4-2)15-6-5-14(11-20-15)18-21-16(26-22-18)12-23-9-7-13(8-10-23)17(19)25/h5-6,11,13H,3-4,7-10,12H2,1-2H3,(H2,19,25). The first-order chi connectivity index (χ1) is 12.6. The Morgan fingerprint density at radius 3 is 2.62 bits per heavy atom. The van der Waals surface area contributed by atoms with Gasteiger partial charge in [0.1, 0.15) is 5.82 Å². The maximum Gasteiger partial charge on any atom is 0.241 e. The highest BCUT2D eigenvalue weighted by molar-refractivity contribution is 5.76. The summed E-state index contributed by atoms with van der Waals surface area (Å²) < 4.78 is 5.38. The fourth-order valence-corrected chi connectivity index (χ4v) is 3.26. The number of hydrogen-bond donors (Lipinski definition) is 1. The lowest BCUT2D eigenvalue weighted by Gasteiger charge is -2.29. The molecule has 3 rings (SSSR count). The molecule has 1 saturated heterocycles. The number of rotatable bonds is 7. The molecular formula is C18H26N6O2. The minimum atomic E-state index is -0.203. The lowest BCUT2D eigenvalue weighted by atomic mass is 9.96. The molecule has 3 heterocycles. The van der Waals surface area contributed by atoms with Crippen LogP contribution in [0, 0.1) is 5.92 Å². The van der Waals surface area contributed by atoms with E-state index in [1.165, 1.54) is 0 Å². The van der Waals surface area contributed by atoms with Gasteiger partial charge in [-0.25, -0.2) is 4.98 Å². The molecule has 0 bridgehead atoms. The number of carbonyl (C=O) groups is 1. The summed E-state index contributed by atoms with van der Waals surface area (Å²) in [5, 5.41) is 4.07. The molecule has 0 aromatic carbocycles. The molecule has 0 aliphatic carbocycles. The molecule has 2 aromatic heterocycles. The van der Waals surface area contributed by atoms with E-state index in [4.69, 9.17) is 10.3 Å². The van der Waals surface area contributed by atoms with Gasteiger partial charge in [0.05, 0.1) is 6.54 Å². The van der Waals surface area contributed by atoms with Crippen molar-refractivity contribution in [3.8, 4) is 11.4 Å². The molecule has 26 heavy (non-hydrogen) atoms. The lowest BCUT2D eigenvalue weighted by molar-refractivity contribution is -0.123. The van der Waals surface area contributed by atoms with Crippen molar-refractivity contribution in [3.63, 3.8) is 0 Å². The molecule has 1 amide bonds. The van der Waals surface area contributed by atoms with Gasteiger partial charge >= 0.3 is 0 Å². The summed E-state index contributed by atoms with van der Waals surface area (Å²) in [6.07, 6.45) is 3.35. The van der Waals surface area contributed by atoms with Gasteiger partial charge in [0.15, 0.2) is 0 Å². The van der Waals surface area contributed by atoms with Gasteiger partial charge in [-0.1, -0.05) is 5.16 Å². The van der Waals surface area contributed by atoms with E-state index < -0.39 is 0 Å². The molecule has 140 valence electrons. The van der Waals surface area contributed by atoms with E-state index in [2.05, 4.69) is 38.8 Å². The summed E-state index contributed by atoms with van der Waals surface area (Å²) in [7, 11) is 0. The summed E-state index contributed by atoms with van der Waals surface area (Å²) in [4.78, 5) is 24.6. The summed E-state index contributed by atoms with van der Waals surface area (Å²) in [5.41, 5.74) is 6.21.